The molecular weight excluding hydrogens is 190 g/mol. The molecule has 2 N–H and O–H groups in total. The molecule has 1 aromatic carbocycles. The van der Waals surface area contributed by atoms with Crippen LogP contribution < -0.4 is 10.5 Å². The molecule has 0 aliphatic carbocycles. The Morgan fingerprint density at radius 1 is 1.62 bits per heavy atom. The van der Waals surface area contributed by atoms with Crippen LogP contribution in [0, 0.1) is 0 Å². The Labute approximate surface area is 81.4 Å². The highest BCUT2D eigenvalue weighted by Crippen LogP contribution is 2.27. The zero-order valence-electron chi connectivity index (χ0n) is 7.21. The second kappa shape index (κ2) is 4.25. The molecule has 0 radical (unpaired) electrons. The second-order valence-electron chi connectivity index (χ2n) is 2.45. The Morgan fingerprint density at radius 2 is 2.31 bits per heavy atom. The summed E-state index contributed by atoms with van der Waals surface area (Å²) in [6.07, 6.45) is 0. The molecular formula is C9H10ClNO2. The summed E-state index contributed by atoms with van der Waals surface area (Å²) in [7, 11) is 1.50. The predicted molar refractivity (Wildman–Crippen MR) is 51.4 cm³/mol. The van der Waals surface area contributed by atoms with Crippen LogP contribution >= 0.6 is 11.6 Å². The zero-order chi connectivity index (χ0) is 9.84. The Hall–Kier alpha value is -1.06. The molecule has 0 aromatic heterocycles. The van der Waals surface area contributed by atoms with Gasteiger partial charge in [-0.1, -0.05) is 17.7 Å². The highest BCUT2D eigenvalue weighted by Gasteiger charge is 2.11. The van der Waals surface area contributed by atoms with E-state index >= 15 is 0 Å². The van der Waals surface area contributed by atoms with Crippen LogP contribution in [0.3, 0.4) is 0 Å². The Morgan fingerprint density at radius 3 is 2.85 bits per heavy atom. The van der Waals surface area contributed by atoms with Crippen molar-refractivity contribution in [2.75, 3.05) is 13.7 Å². The lowest BCUT2D eigenvalue weighted by Crippen LogP contribution is -2.14. The summed E-state index contributed by atoms with van der Waals surface area (Å²) in [6, 6.07) is 5.02. The standard InChI is InChI=1S/C9H10ClNO2/c1-13-8-4-2-3-6(9(8)10)7(12)5-11/h2-4H,5,11H2,1H3. The largest absolute Gasteiger partial charge is 0.495 e. The Bertz CT molecular complexity index is 325. The van der Waals surface area contributed by atoms with Crippen LogP contribution in [0.15, 0.2) is 18.2 Å². The minimum absolute atomic E-state index is 0.0487. The van der Waals surface area contributed by atoms with Gasteiger partial charge in [0.25, 0.3) is 0 Å². The number of carbonyl (C=O) groups is 1. The van der Waals surface area contributed by atoms with Crippen LogP contribution in [0.1, 0.15) is 10.4 Å². The second-order valence-corrected chi connectivity index (χ2v) is 2.83. The lowest BCUT2D eigenvalue weighted by atomic mass is 10.1. The number of hydrogen-bond acceptors (Lipinski definition) is 3. The quantitative estimate of drug-likeness (QED) is 0.751. The van der Waals surface area contributed by atoms with Crippen molar-refractivity contribution in [2.24, 2.45) is 5.73 Å². The van der Waals surface area contributed by atoms with Gasteiger partial charge in [0, 0.05) is 5.56 Å². The topological polar surface area (TPSA) is 52.3 Å². The van der Waals surface area contributed by atoms with E-state index in [9.17, 15) is 4.79 Å². The monoisotopic (exact) mass is 199 g/mol. The molecule has 0 spiro atoms. The van der Waals surface area contributed by atoms with Crippen molar-refractivity contribution in [1.29, 1.82) is 0 Å². The molecule has 1 rings (SSSR count). The van der Waals surface area contributed by atoms with Crippen molar-refractivity contribution in [1.82, 2.24) is 0 Å². The fourth-order valence-corrected chi connectivity index (χ4v) is 1.30. The van der Waals surface area contributed by atoms with Crippen molar-refractivity contribution < 1.29 is 9.53 Å². The average Bonchev–Trinajstić information content (AvgIpc) is 2.17. The first kappa shape index (κ1) is 10.0. The summed E-state index contributed by atoms with van der Waals surface area (Å²) in [5, 5.41) is 0.320. The van der Waals surface area contributed by atoms with E-state index in [4.69, 9.17) is 22.1 Å². The van der Waals surface area contributed by atoms with E-state index in [-0.39, 0.29) is 12.3 Å². The first-order valence-electron chi connectivity index (χ1n) is 3.76. The molecule has 0 aliphatic heterocycles. The number of ketones is 1. The molecule has 0 bridgehead atoms. The summed E-state index contributed by atoms with van der Waals surface area (Å²) >= 11 is 5.88. The average molecular weight is 200 g/mol. The minimum Gasteiger partial charge on any atom is -0.495 e. The van der Waals surface area contributed by atoms with Gasteiger partial charge in [0.05, 0.1) is 18.7 Å². The number of rotatable bonds is 3. The van der Waals surface area contributed by atoms with E-state index in [1.807, 2.05) is 0 Å². The molecule has 0 heterocycles. The summed E-state index contributed by atoms with van der Waals surface area (Å²) in [5.41, 5.74) is 5.62. The predicted octanol–water partition coefficient (Wildman–Crippen LogP) is 1.49. The normalized spacial score (nSPS) is 9.77. The van der Waals surface area contributed by atoms with Gasteiger partial charge in [-0.15, -0.1) is 0 Å². The summed E-state index contributed by atoms with van der Waals surface area (Å²) in [6.45, 7) is -0.0487. The van der Waals surface area contributed by atoms with Gasteiger partial charge in [-0.25, -0.2) is 0 Å². The van der Waals surface area contributed by atoms with Gasteiger partial charge < -0.3 is 10.5 Å². The van der Waals surface area contributed by atoms with Crippen LogP contribution in [0.2, 0.25) is 5.02 Å². The molecule has 4 heteroatoms. The van der Waals surface area contributed by atoms with Crippen LogP contribution in [0.4, 0.5) is 0 Å². The van der Waals surface area contributed by atoms with Gasteiger partial charge in [0.15, 0.2) is 5.78 Å². The van der Waals surface area contributed by atoms with Crippen LogP contribution in [0.25, 0.3) is 0 Å². The molecule has 0 saturated carbocycles. The fourth-order valence-electron chi connectivity index (χ4n) is 0.994. The number of ether oxygens (including phenoxy) is 1. The lowest BCUT2D eigenvalue weighted by molar-refractivity contribution is 0.100. The van der Waals surface area contributed by atoms with Crippen molar-refractivity contribution >= 4 is 17.4 Å². The molecule has 3 nitrogen and oxygen atoms in total. The van der Waals surface area contributed by atoms with E-state index in [2.05, 4.69) is 0 Å². The van der Waals surface area contributed by atoms with Crippen LogP contribution in [-0.4, -0.2) is 19.4 Å². The fraction of sp³-hybridized carbons (Fsp3) is 0.222. The first-order chi connectivity index (χ1) is 6.20. The third-order valence-electron chi connectivity index (χ3n) is 1.67. The maximum Gasteiger partial charge on any atom is 0.178 e. The molecule has 70 valence electrons. The number of benzene rings is 1. The molecule has 0 atom stereocenters. The van der Waals surface area contributed by atoms with E-state index in [1.54, 1.807) is 18.2 Å². The Balaban J connectivity index is 3.15. The highest BCUT2D eigenvalue weighted by molar-refractivity contribution is 6.35. The van der Waals surface area contributed by atoms with E-state index in [0.29, 0.717) is 16.3 Å². The van der Waals surface area contributed by atoms with E-state index < -0.39 is 0 Å². The summed E-state index contributed by atoms with van der Waals surface area (Å²) in [4.78, 5) is 11.2. The smallest absolute Gasteiger partial charge is 0.178 e. The van der Waals surface area contributed by atoms with Gasteiger partial charge in [-0.05, 0) is 12.1 Å². The minimum atomic E-state index is -0.191. The summed E-state index contributed by atoms with van der Waals surface area (Å²) < 4.78 is 4.96. The van der Waals surface area contributed by atoms with Gasteiger partial charge >= 0.3 is 0 Å². The zero-order valence-corrected chi connectivity index (χ0v) is 7.97. The molecule has 0 unspecified atom stereocenters. The van der Waals surface area contributed by atoms with Gasteiger partial charge in [0.1, 0.15) is 5.75 Å². The van der Waals surface area contributed by atoms with Gasteiger partial charge in [-0.2, -0.15) is 0 Å². The molecule has 0 fully saturated rings. The summed E-state index contributed by atoms with van der Waals surface area (Å²) in [5.74, 6) is 0.296. The van der Waals surface area contributed by atoms with Gasteiger partial charge in [0.2, 0.25) is 0 Å². The molecule has 0 amide bonds. The number of methoxy groups -OCH3 is 1. The van der Waals surface area contributed by atoms with Crippen LogP contribution in [0.5, 0.6) is 5.75 Å². The maximum atomic E-state index is 11.2. The number of carbonyl (C=O) groups excluding carboxylic acids is 1. The van der Waals surface area contributed by atoms with Crippen molar-refractivity contribution in [3.63, 3.8) is 0 Å². The van der Waals surface area contributed by atoms with Crippen molar-refractivity contribution in [3.05, 3.63) is 28.8 Å². The van der Waals surface area contributed by atoms with Crippen molar-refractivity contribution in [3.8, 4) is 5.75 Å². The molecule has 0 saturated heterocycles. The van der Waals surface area contributed by atoms with Crippen LogP contribution in [-0.2, 0) is 0 Å². The third kappa shape index (κ3) is 1.99. The highest BCUT2D eigenvalue weighted by atomic mass is 35.5. The number of Topliss-reactive ketones (excluding diaryl/α,β-unsaturated/α-hetero) is 1. The third-order valence-corrected chi connectivity index (χ3v) is 2.06. The van der Waals surface area contributed by atoms with Crippen molar-refractivity contribution in [2.45, 2.75) is 0 Å². The van der Waals surface area contributed by atoms with E-state index in [1.165, 1.54) is 7.11 Å². The number of halogens is 1. The molecule has 13 heavy (non-hydrogen) atoms. The first-order valence-corrected chi connectivity index (χ1v) is 4.14. The van der Waals surface area contributed by atoms with E-state index in [0.717, 1.165) is 0 Å². The lowest BCUT2D eigenvalue weighted by Gasteiger charge is -2.06. The maximum absolute atomic E-state index is 11.2. The Kier molecular flexibility index (Phi) is 3.28. The SMILES string of the molecule is COc1cccc(C(=O)CN)c1Cl. The number of hydrogen-bond donors (Lipinski definition) is 1. The van der Waals surface area contributed by atoms with Gasteiger partial charge in [-0.3, -0.25) is 4.79 Å². The molecule has 0 aliphatic rings. The molecule has 1 aromatic rings. The number of nitrogens with two attached hydrogens (primary N) is 1.